The van der Waals surface area contributed by atoms with Crippen molar-refractivity contribution in [2.24, 2.45) is 0 Å². The van der Waals surface area contributed by atoms with Crippen molar-refractivity contribution in [1.29, 1.82) is 0 Å². The normalized spacial score (nSPS) is 10.8. The van der Waals surface area contributed by atoms with Gasteiger partial charge in [0.25, 0.3) is 0 Å². The topological polar surface area (TPSA) is 62.1 Å². The fourth-order valence-corrected chi connectivity index (χ4v) is 2.27. The molecule has 0 saturated carbocycles. The van der Waals surface area contributed by atoms with E-state index in [1.54, 1.807) is 24.5 Å². The van der Waals surface area contributed by atoms with E-state index in [-0.39, 0.29) is 10.8 Å². The van der Waals surface area contributed by atoms with Crippen LogP contribution in [0.1, 0.15) is 0 Å². The molecule has 2 N–H and O–H groups in total. The van der Waals surface area contributed by atoms with E-state index in [0.29, 0.717) is 27.7 Å². The van der Waals surface area contributed by atoms with Crippen molar-refractivity contribution < 1.29 is 9.52 Å². The summed E-state index contributed by atoms with van der Waals surface area (Å²) in [6, 6.07) is 8.42. The number of halogens is 2. The van der Waals surface area contributed by atoms with Crippen molar-refractivity contribution >= 4 is 23.2 Å². The van der Waals surface area contributed by atoms with E-state index in [1.165, 1.54) is 6.07 Å². The van der Waals surface area contributed by atoms with E-state index < -0.39 is 0 Å². The lowest BCUT2D eigenvalue weighted by atomic mass is 10.1. The van der Waals surface area contributed by atoms with Crippen molar-refractivity contribution in [3.05, 3.63) is 46.6 Å². The Bertz CT molecular complexity index is 720. The zero-order valence-corrected chi connectivity index (χ0v) is 11.0. The maximum atomic E-state index is 9.95. The second kappa shape index (κ2) is 4.64. The van der Waals surface area contributed by atoms with E-state index in [0.717, 1.165) is 0 Å². The first kappa shape index (κ1) is 12.1. The summed E-state index contributed by atoms with van der Waals surface area (Å²) in [4.78, 5) is 0. The average molecular weight is 295 g/mol. The Hall–Kier alpha value is -1.91. The van der Waals surface area contributed by atoms with Gasteiger partial charge in [0, 0.05) is 10.6 Å². The monoisotopic (exact) mass is 294 g/mol. The summed E-state index contributed by atoms with van der Waals surface area (Å²) in [6.07, 6.45) is 1.57. The minimum absolute atomic E-state index is 0.0523. The lowest BCUT2D eigenvalue weighted by Crippen LogP contribution is -1.81. The third-order valence-electron chi connectivity index (χ3n) is 2.67. The maximum Gasteiger partial charge on any atom is 0.151 e. The van der Waals surface area contributed by atoms with Crippen LogP contribution in [0.5, 0.6) is 5.75 Å². The molecule has 0 aliphatic rings. The van der Waals surface area contributed by atoms with Crippen LogP contribution >= 0.6 is 23.2 Å². The largest absolute Gasteiger partial charge is 0.506 e. The summed E-state index contributed by atoms with van der Waals surface area (Å²) in [7, 11) is 0. The van der Waals surface area contributed by atoms with Crippen molar-refractivity contribution in [1.82, 2.24) is 10.2 Å². The van der Waals surface area contributed by atoms with E-state index in [2.05, 4.69) is 10.2 Å². The second-order valence-corrected chi connectivity index (χ2v) is 4.77. The molecule has 96 valence electrons. The quantitative estimate of drug-likeness (QED) is 0.738. The van der Waals surface area contributed by atoms with Crippen LogP contribution in [0, 0.1) is 0 Å². The van der Waals surface area contributed by atoms with Crippen LogP contribution < -0.4 is 0 Å². The molecular weight excluding hydrogens is 287 g/mol. The molecule has 3 rings (SSSR count). The van der Waals surface area contributed by atoms with Crippen LogP contribution in [0.25, 0.3) is 22.7 Å². The highest BCUT2D eigenvalue weighted by Gasteiger charge is 2.14. The third-order valence-corrected chi connectivity index (χ3v) is 3.17. The first-order valence-corrected chi connectivity index (χ1v) is 6.18. The third kappa shape index (κ3) is 2.20. The second-order valence-electron chi connectivity index (χ2n) is 3.93. The number of nitrogens with one attached hydrogen (secondary N) is 1. The molecule has 19 heavy (non-hydrogen) atoms. The van der Waals surface area contributed by atoms with Gasteiger partial charge in [0.1, 0.15) is 11.4 Å². The van der Waals surface area contributed by atoms with Gasteiger partial charge in [-0.3, -0.25) is 5.10 Å². The van der Waals surface area contributed by atoms with Crippen LogP contribution in [0.2, 0.25) is 10.0 Å². The molecule has 0 spiro atoms. The molecule has 0 aliphatic carbocycles. The fraction of sp³-hybridized carbons (Fsp3) is 0. The summed E-state index contributed by atoms with van der Waals surface area (Å²) >= 11 is 11.8. The Morgan fingerprint density at radius 1 is 1.21 bits per heavy atom. The molecule has 0 unspecified atom stereocenters. The Balaban J connectivity index is 2.09. The van der Waals surface area contributed by atoms with Crippen LogP contribution in [-0.4, -0.2) is 15.3 Å². The van der Waals surface area contributed by atoms with Crippen LogP contribution in [0.4, 0.5) is 0 Å². The fourth-order valence-electron chi connectivity index (χ4n) is 1.78. The predicted octanol–water partition coefficient (Wildman–Crippen LogP) is 4.35. The molecule has 0 radical (unpaired) electrons. The van der Waals surface area contributed by atoms with Gasteiger partial charge in [0.2, 0.25) is 0 Å². The first-order valence-electron chi connectivity index (χ1n) is 5.43. The number of hydrogen-bond acceptors (Lipinski definition) is 3. The molecular formula is C13H8Cl2N2O2. The number of phenols is 1. The Kier molecular flexibility index (Phi) is 2.97. The predicted molar refractivity (Wildman–Crippen MR) is 73.4 cm³/mol. The average Bonchev–Trinajstić information content (AvgIpc) is 3.03. The van der Waals surface area contributed by atoms with Gasteiger partial charge in [-0.2, -0.15) is 5.10 Å². The standard InChI is InChI=1S/C13H8Cl2N2O2/c14-7-4-8(13(18)9(15)5-7)10-6-11(17-16-10)12-2-1-3-19-12/h1-6,18H,(H,16,17). The highest BCUT2D eigenvalue weighted by atomic mass is 35.5. The van der Waals surface area contributed by atoms with Gasteiger partial charge in [0.15, 0.2) is 5.76 Å². The lowest BCUT2D eigenvalue weighted by Gasteiger charge is -2.03. The molecule has 3 aromatic rings. The minimum atomic E-state index is -0.0523. The van der Waals surface area contributed by atoms with Crippen molar-refractivity contribution in [2.45, 2.75) is 0 Å². The van der Waals surface area contributed by atoms with Gasteiger partial charge in [-0.1, -0.05) is 23.2 Å². The molecule has 0 aliphatic heterocycles. The number of benzene rings is 1. The van der Waals surface area contributed by atoms with Gasteiger partial charge >= 0.3 is 0 Å². The van der Waals surface area contributed by atoms with Gasteiger partial charge in [-0.15, -0.1) is 0 Å². The molecule has 1 aromatic carbocycles. The molecule has 0 amide bonds. The molecule has 2 aromatic heterocycles. The molecule has 0 bridgehead atoms. The highest BCUT2D eigenvalue weighted by molar-refractivity contribution is 6.36. The van der Waals surface area contributed by atoms with Gasteiger partial charge < -0.3 is 9.52 Å². The van der Waals surface area contributed by atoms with E-state index >= 15 is 0 Å². The van der Waals surface area contributed by atoms with E-state index in [4.69, 9.17) is 27.6 Å². The Morgan fingerprint density at radius 2 is 2.05 bits per heavy atom. The Morgan fingerprint density at radius 3 is 2.79 bits per heavy atom. The molecule has 6 heteroatoms. The number of nitrogens with zero attached hydrogens (tertiary/aromatic N) is 1. The van der Waals surface area contributed by atoms with E-state index in [1.807, 2.05) is 6.07 Å². The number of phenolic OH excluding ortho intramolecular Hbond substituents is 1. The van der Waals surface area contributed by atoms with Gasteiger partial charge in [-0.25, -0.2) is 0 Å². The summed E-state index contributed by atoms with van der Waals surface area (Å²) < 4.78 is 5.26. The number of furan rings is 1. The number of hydrogen-bond donors (Lipinski definition) is 2. The summed E-state index contributed by atoms with van der Waals surface area (Å²) in [6.45, 7) is 0. The van der Waals surface area contributed by atoms with Crippen molar-refractivity contribution in [3.63, 3.8) is 0 Å². The zero-order valence-electron chi connectivity index (χ0n) is 9.52. The van der Waals surface area contributed by atoms with Gasteiger partial charge in [0.05, 0.1) is 17.0 Å². The van der Waals surface area contributed by atoms with E-state index in [9.17, 15) is 5.11 Å². The molecule has 0 fully saturated rings. The number of H-pyrrole nitrogens is 1. The summed E-state index contributed by atoms with van der Waals surface area (Å²) in [5.74, 6) is 0.606. The number of aromatic amines is 1. The first-order chi connectivity index (χ1) is 9.15. The lowest BCUT2D eigenvalue weighted by molar-refractivity contribution is 0.477. The zero-order chi connectivity index (χ0) is 13.4. The van der Waals surface area contributed by atoms with Gasteiger partial charge in [-0.05, 0) is 30.3 Å². The number of aromatic nitrogens is 2. The smallest absolute Gasteiger partial charge is 0.151 e. The molecule has 2 heterocycles. The number of aromatic hydroxyl groups is 1. The minimum Gasteiger partial charge on any atom is -0.506 e. The molecule has 0 atom stereocenters. The molecule has 0 saturated heterocycles. The SMILES string of the molecule is Oc1c(Cl)cc(Cl)cc1-c1cc(-c2ccco2)[nH]n1. The van der Waals surface area contributed by atoms with Crippen LogP contribution in [-0.2, 0) is 0 Å². The highest BCUT2D eigenvalue weighted by Crippen LogP contribution is 2.38. The Labute approximate surface area is 118 Å². The van der Waals surface area contributed by atoms with Crippen LogP contribution in [0.15, 0.2) is 41.0 Å². The maximum absolute atomic E-state index is 9.95. The van der Waals surface area contributed by atoms with Crippen molar-refractivity contribution in [3.8, 4) is 28.5 Å². The summed E-state index contributed by atoms with van der Waals surface area (Å²) in [5.41, 5.74) is 1.70. The summed E-state index contributed by atoms with van der Waals surface area (Å²) in [5, 5.41) is 17.5. The molecule has 4 nitrogen and oxygen atoms in total. The van der Waals surface area contributed by atoms with Crippen LogP contribution in [0.3, 0.4) is 0 Å². The van der Waals surface area contributed by atoms with Crippen molar-refractivity contribution in [2.75, 3.05) is 0 Å². The number of rotatable bonds is 2.